The number of thiophene rings is 1. The lowest BCUT2D eigenvalue weighted by Crippen LogP contribution is -2.21. The van der Waals surface area contributed by atoms with Gasteiger partial charge in [-0.2, -0.15) is 0 Å². The molecule has 3 nitrogen and oxygen atoms in total. The highest BCUT2D eigenvalue weighted by molar-refractivity contribution is 9.10. The molecule has 1 aromatic rings. The molecule has 0 spiro atoms. The van der Waals surface area contributed by atoms with Gasteiger partial charge >= 0.3 is 0 Å². The summed E-state index contributed by atoms with van der Waals surface area (Å²) >= 11 is 4.75. The highest BCUT2D eigenvalue weighted by atomic mass is 79.9. The summed E-state index contributed by atoms with van der Waals surface area (Å²) in [6, 6.07) is 1.84. The van der Waals surface area contributed by atoms with Crippen LogP contribution < -0.4 is 5.73 Å². The van der Waals surface area contributed by atoms with Crippen molar-refractivity contribution in [3.8, 4) is 0 Å². The van der Waals surface area contributed by atoms with Gasteiger partial charge in [0, 0.05) is 14.7 Å². The minimum Gasteiger partial charge on any atom is -0.330 e. The van der Waals surface area contributed by atoms with Crippen LogP contribution in [0.3, 0.4) is 0 Å². The minimum absolute atomic E-state index is 0.0263. The second-order valence-electron chi connectivity index (χ2n) is 3.63. The van der Waals surface area contributed by atoms with Crippen LogP contribution in [-0.4, -0.2) is 20.7 Å². The van der Waals surface area contributed by atoms with Crippen LogP contribution in [0.5, 0.6) is 0 Å². The molecule has 0 aromatic carbocycles. The van der Waals surface area contributed by atoms with Gasteiger partial charge in [-0.05, 0) is 34.5 Å². The molecule has 0 fully saturated rings. The molecule has 1 heterocycles. The minimum atomic E-state index is -3.02. The molecule has 0 aliphatic rings. The third-order valence-electron chi connectivity index (χ3n) is 1.92. The van der Waals surface area contributed by atoms with E-state index in [1.165, 1.54) is 11.3 Å². The molecule has 6 heteroatoms. The highest BCUT2D eigenvalue weighted by Crippen LogP contribution is 2.22. The highest BCUT2D eigenvalue weighted by Gasteiger charge is 2.16. The molecule has 1 unspecified atom stereocenters. The summed E-state index contributed by atoms with van der Waals surface area (Å²) < 4.78 is 24.4. The maximum absolute atomic E-state index is 11.7. The largest absolute Gasteiger partial charge is 0.330 e. The van der Waals surface area contributed by atoms with Crippen LogP contribution in [0.2, 0.25) is 0 Å². The van der Waals surface area contributed by atoms with Crippen LogP contribution in [0.15, 0.2) is 15.9 Å². The standard InChI is InChI=1S/C9H14BrNO2S2/c1-7(3-11)5-15(12,13)6-9-2-8(10)4-14-9/h2,4,7H,3,5-6,11H2,1H3. The fraction of sp³-hybridized carbons (Fsp3) is 0.556. The molecule has 1 rings (SSSR count). The monoisotopic (exact) mass is 311 g/mol. The summed E-state index contributed by atoms with van der Waals surface area (Å²) in [6.45, 7) is 2.26. The summed E-state index contributed by atoms with van der Waals surface area (Å²) in [5.41, 5.74) is 5.41. The predicted molar refractivity (Wildman–Crippen MR) is 67.7 cm³/mol. The fourth-order valence-electron chi connectivity index (χ4n) is 1.21. The lowest BCUT2D eigenvalue weighted by atomic mass is 10.2. The number of halogens is 1. The summed E-state index contributed by atoms with van der Waals surface area (Å²) in [5, 5.41) is 1.89. The van der Waals surface area contributed by atoms with E-state index in [4.69, 9.17) is 5.73 Å². The molecule has 1 aromatic heterocycles. The van der Waals surface area contributed by atoms with Gasteiger partial charge in [-0.1, -0.05) is 6.92 Å². The van der Waals surface area contributed by atoms with Gasteiger partial charge in [0.1, 0.15) is 0 Å². The molecule has 0 radical (unpaired) electrons. The lowest BCUT2D eigenvalue weighted by Gasteiger charge is -2.08. The van der Waals surface area contributed by atoms with E-state index < -0.39 is 9.84 Å². The molecule has 0 saturated heterocycles. The summed E-state index contributed by atoms with van der Waals surface area (Å²) in [6.07, 6.45) is 0. The maximum atomic E-state index is 11.7. The Morgan fingerprint density at radius 1 is 1.60 bits per heavy atom. The summed E-state index contributed by atoms with van der Waals surface area (Å²) in [5.74, 6) is 0.311. The molecule has 2 N–H and O–H groups in total. The van der Waals surface area contributed by atoms with Crippen molar-refractivity contribution in [2.75, 3.05) is 12.3 Å². The van der Waals surface area contributed by atoms with Crippen LogP contribution in [0, 0.1) is 5.92 Å². The molecule has 0 aliphatic carbocycles. The number of hydrogen-bond acceptors (Lipinski definition) is 4. The normalized spacial score (nSPS) is 14.1. The number of hydrogen-bond donors (Lipinski definition) is 1. The average molecular weight is 312 g/mol. The van der Waals surface area contributed by atoms with Gasteiger partial charge < -0.3 is 5.73 Å². The molecule has 0 saturated carbocycles. The van der Waals surface area contributed by atoms with Gasteiger partial charge in [0.05, 0.1) is 11.5 Å². The topological polar surface area (TPSA) is 60.2 Å². The maximum Gasteiger partial charge on any atom is 0.155 e. The van der Waals surface area contributed by atoms with E-state index in [0.29, 0.717) is 6.54 Å². The van der Waals surface area contributed by atoms with Gasteiger partial charge in [-0.3, -0.25) is 0 Å². The molecular formula is C9H14BrNO2S2. The lowest BCUT2D eigenvalue weighted by molar-refractivity contribution is 0.573. The zero-order chi connectivity index (χ0) is 11.5. The van der Waals surface area contributed by atoms with Gasteiger partial charge in [-0.15, -0.1) is 11.3 Å². The Kier molecular flexibility index (Phi) is 4.76. The Morgan fingerprint density at radius 2 is 2.27 bits per heavy atom. The third-order valence-corrected chi connectivity index (χ3v) is 5.63. The Hall–Kier alpha value is 0.0900. The van der Waals surface area contributed by atoms with Crippen molar-refractivity contribution in [3.63, 3.8) is 0 Å². The van der Waals surface area contributed by atoms with Crippen LogP contribution >= 0.6 is 27.3 Å². The number of sulfone groups is 1. The Bertz CT molecular complexity index is 414. The molecular weight excluding hydrogens is 298 g/mol. The van der Waals surface area contributed by atoms with Gasteiger partial charge in [0.2, 0.25) is 0 Å². The van der Waals surface area contributed by atoms with E-state index in [9.17, 15) is 8.42 Å². The molecule has 86 valence electrons. The van der Waals surface area contributed by atoms with Crippen molar-refractivity contribution in [3.05, 3.63) is 20.8 Å². The van der Waals surface area contributed by atoms with Crippen molar-refractivity contribution in [1.29, 1.82) is 0 Å². The van der Waals surface area contributed by atoms with E-state index in [1.807, 2.05) is 18.4 Å². The van der Waals surface area contributed by atoms with Gasteiger partial charge in [0.25, 0.3) is 0 Å². The van der Waals surface area contributed by atoms with Crippen LogP contribution in [0.4, 0.5) is 0 Å². The number of rotatable bonds is 5. The summed E-state index contributed by atoms with van der Waals surface area (Å²) in [4.78, 5) is 0.867. The first-order chi connectivity index (χ1) is 6.93. The van der Waals surface area contributed by atoms with Gasteiger partial charge in [0.15, 0.2) is 9.84 Å². The van der Waals surface area contributed by atoms with E-state index in [1.54, 1.807) is 0 Å². The Labute approximate surface area is 103 Å². The first-order valence-corrected chi connectivity index (χ1v) is 8.06. The third kappa shape index (κ3) is 4.63. The predicted octanol–water partition coefficient (Wildman–Crippen LogP) is 2.02. The SMILES string of the molecule is CC(CN)CS(=O)(=O)Cc1cc(Br)cs1. The van der Waals surface area contributed by atoms with E-state index >= 15 is 0 Å². The van der Waals surface area contributed by atoms with Crippen molar-refractivity contribution < 1.29 is 8.42 Å². The molecule has 0 bridgehead atoms. The van der Waals surface area contributed by atoms with Crippen LogP contribution in [0.25, 0.3) is 0 Å². The molecule has 0 aliphatic heterocycles. The molecule has 1 atom stereocenters. The van der Waals surface area contributed by atoms with E-state index in [2.05, 4.69) is 15.9 Å². The second-order valence-corrected chi connectivity index (χ2v) is 7.65. The quantitative estimate of drug-likeness (QED) is 0.905. The van der Waals surface area contributed by atoms with Crippen molar-refractivity contribution in [2.24, 2.45) is 11.7 Å². The van der Waals surface area contributed by atoms with Crippen LogP contribution in [0.1, 0.15) is 11.8 Å². The van der Waals surface area contributed by atoms with Crippen molar-refractivity contribution in [1.82, 2.24) is 0 Å². The van der Waals surface area contributed by atoms with Gasteiger partial charge in [-0.25, -0.2) is 8.42 Å². The smallest absolute Gasteiger partial charge is 0.155 e. The summed E-state index contributed by atoms with van der Waals surface area (Å²) in [7, 11) is -3.02. The first kappa shape index (κ1) is 13.2. The van der Waals surface area contributed by atoms with Crippen molar-refractivity contribution >= 4 is 37.1 Å². The van der Waals surface area contributed by atoms with E-state index in [0.717, 1.165) is 9.35 Å². The average Bonchev–Trinajstić information content (AvgIpc) is 2.49. The molecule has 15 heavy (non-hydrogen) atoms. The Morgan fingerprint density at radius 3 is 2.73 bits per heavy atom. The second kappa shape index (κ2) is 5.43. The Balaban J connectivity index is 2.64. The first-order valence-electron chi connectivity index (χ1n) is 4.56. The number of nitrogens with two attached hydrogens (primary N) is 1. The fourth-order valence-corrected chi connectivity index (χ4v) is 4.89. The van der Waals surface area contributed by atoms with E-state index in [-0.39, 0.29) is 17.4 Å². The molecule has 0 amide bonds. The zero-order valence-electron chi connectivity index (χ0n) is 8.44. The van der Waals surface area contributed by atoms with Crippen LogP contribution in [-0.2, 0) is 15.6 Å². The van der Waals surface area contributed by atoms with Crippen molar-refractivity contribution in [2.45, 2.75) is 12.7 Å². The zero-order valence-corrected chi connectivity index (χ0v) is 11.7.